The number of aliphatic imine (C=N–C) groups is 1. The zero-order chi connectivity index (χ0) is 14.8. The molecular formula is C13H20N4O3. The number of ether oxygens (including phenoxy) is 1. The van der Waals surface area contributed by atoms with Gasteiger partial charge < -0.3 is 15.4 Å². The molecule has 1 aromatic carbocycles. The summed E-state index contributed by atoms with van der Waals surface area (Å²) >= 11 is 0. The fourth-order valence-corrected chi connectivity index (χ4v) is 1.51. The van der Waals surface area contributed by atoms with E-state index < -0.39 is 4.92 Å². The quantitative estimate of drug-likeness (QED) is 0.258. The van der Waals surface area contributed by atoms with Gasteiger partial charge in [0.15, 0.2) is 5.96 Å². The molecule has 0 fully saturated rings. The number of hydrogen-bond donors (Lipinski definition) is 2. The summed E-state index contributed by atoms with van der Waals surface area (Å²) in [7, 11) is 1.64. The fourth-order valence-electron chi connectivity index (χ4n) is 1.51. The molecule has 0 atom stereocenters. The van der Waals surface area contributed by atoms with Gasteiger partial charge in [0.25, 0.3) is 5.69 Å². The molecule has 2 N–H and O–H groups in total. The maximum Gasteiger partial charge on any atom is 0.269 e. The number of benzene rings is 1. The van der Waals surface area contributed by atoms with Crippen LogP contribution in [-0.2, 0) is 11.3 Å². The first-order valence-corrected chi connectivity index (χ1v) is 6.41. The van der Waals surface area contributed by atoms with Crippen LogP contribution < -0.4 is 10.6 Å². The van der Waals surface area contributed by atoms with Gasteiger partial charge in [-0.15, -0.1) is 0 Å². The first-order chi connectivity index (χ1) is 9.67. The van der Waals surface area contributed by atoms with E-state index in [9.17, 15) is 10.1 Å². The minimum atomic E-state index is -0.413. The number of rotatable bonds is 7. The topological polar surface area (TPSA) is 88.8 Å². The largest absolute Gasteiger partial charge is 0.383 e. The van der Waals surface area contributed by atoms with Crippen LogP contribution in [0, 0.1) is 10.1 Å². The second kappa shape index (κ2) is 8.87. The highest BCUT2D eigenvalue weighted by Crippen LogP contribution is 2.12. The lowest BCUT2D eigenvalue weighted by Crippen LogP contribution is -2.38. The van der Waals surface area contributed by atoms with Gasteiger partial charge in [-0.2, -0.15) is 0 Å². The average Bonchev–Trinajstić information content (AvgIpc) is 2.45. The maximum absolute atomic E-state index is 10.6. The smallest absolute Gasteiger partial charge is 0.269 e. The molecule has 0 saturated carbocycles. The molecule has 0 aliphatic heterocycles. The molecule has 0 aliphatic rings. The van der Waals surface area contributed by atoms with E-state index in [1.165, 1.54) is 12.1 Å². The van der Waals surface area contributed by atoms with Gasteiger partial charge in [-0.05, 0) is 12.5 Å². The normalized spacial score (nSPS) is 11.2. The van der Waals surface area contributed by atoms with Crippen molar-refractivity contribution in [1.82, 2.24) is 10.6 Å². The van der Waals surface area contributed by atoms with Crippen molar-refractivity contribution in [3.8, 4) is 0 Å². The maximum atomic E-state index is 10.6. The van der Waals surface area contributed by atoms with Crippen molar-refractivity contribution in [3.05, 3.63) is 39.9 Å². The monoisotopic (exact) mass is 280 g/mol. The molecular weight excluding hydrogens is 260 g/mol. The second-order valence-corrected chi connectivity index (χ2v) is 4.04. The van der Waals surface area contributed by atoms with E-state index in [4.69, 9.17) is 4.74 Å². The van der Waals surface area contributed by atoms with E-state index in [1.54, 1.807) is 19.2 Å². The number of guanidine groups is 1. The van der Waals surface area contributed by atoms with E-state index in [1.807, 2.05) is 6.92 Å². The number of nitro benzene ring substituents is 1. The van der Waals surface area contributed by atoms with E-state index in [0.717, 1.165) is 12.1 Å². The van der Waals surface area contributed by atoms with Crippen LogP contribution in [0.1, 0.15) is 12.5 Å². The summed E-state index contributed by atoms with van der Waals surface area (Å²) in [6, 6.07) is 6.38. The van der Waals surface area contributed by atoms with Crippen molar-refractivity contribution in [2.45, 2.75) is 13.5 Å². The zero-order valence-corrected chi connectivity index (χ0v) is 11.8. The number of methoxy groups -OCH3 is 1. The molecule has 0 bridgehead atoms. The Balaban J connectivity index is 2.58. The number of non-ortho nitro benzene ring substituents is 1. The molecule has 0 saturated heterocycles. The molecule has 0 heterocycles. The van der Waals surface area contributed by atoms with Crippen LogP contribution in [-0.4, -0.2) is 37.7 Å². The van der Waals surface area contributed by atoms with Crippen LogP contribution in [0.15, 0.2) is 29.3 Å². The molecule has 0 aromatic heterocycles. The van der Waals surface area contributed by atoms with Crippen molar-refractivity contribution in [3.63, 3.8) is 0 Å². The van der Waals surface area contributed by atoms with E-state index >= 15 is 0 Å². The molecule has 1 aromatic rings. The Morgan fingerprint density at radius 1 is 1.35 bits per heavy atom. The third-order valence-corrected chi connectivity index (χ3v) is 2.51. The number of nitrogens with zero attached hydrogens (tertiary/aromatic N) is 2. The highest BCUT2D eigenvalue weighted by molar-refractivity contribution is 5.79. The first-order valence-electron chi connectivity index (χ1n) is 6.41. The highest BCUT2D eigenvalue weighted by atomic mass is 16.6. The number of hydrogen-bond acceptors (Lipinski definition) is 4. The van der Waals surface area contributed by atoms with Crippen LogP contribution in [0.2, 0.25) is 0 Å². The second-order valence-electron chi connectivity index (χ2n) is 4.04. The van der Waals surface area contributed by atoms with Gasteiger partial charge in [0.05, 0.1) is 18.1 Å². The Bertz CT molecular complexity index is 445. The van der Waals surface area contributed by atoms with Gasteiger partial charge in [0.2, 0.25) is 0 Å². The molecule has 0 unspecified atom stereocenters. The van der Waals surface area contributed by atoms with Gasteiger partial charge >= 0.3 is 0 Å². The molecule has 7 nitrogen and oxygen atoms in total. The predicted molar refractivity (Wildman–Crippen MR) is 77.8 cm³/mol. The Hall–Kier alpha value is -2.15. The summed E-state index contributed by atoms with van der Waals surface area (Å²) in [6.45, 7) is 4.48. The van der Waals surface area contributed by atoms with Gasteiger partial charge in [0, 0.05) is 32.3 Å². The molecule has 0 spiro atoms. The standard InChI is InChI=1S/C13H20N4O3/c1-3-14-13(15-8-9-20-2)16-10-11-4-6-12(7-5-11)17(18)19/h4-7H,3,8-10H2,1-2H3,(H2,14,15,16). The van der Waals surface area contributed by atoms with E-state index in [2.05, 4.69) is 15.6 Å². The van der Waals surface area contributed by atoms with Crippen molar-refractivity contribution in [2.24, 2.45) is 4.99 Å². The summed E-state index contributed by atoms with van der Waals surface area (Å²) < 4.78 is 4.96. The van der Waals surface area contributed by atoms with Gasteiger partial charge in [-0.3, -0.25) is 10.1 Å². The summed E-state index contributed by atoms with van der Waals surface area (Å²) in [5, 5.41) is 16.8. The van der Waals surface area contributed by atoms with E-state index in [-0.39, 0.29) is 5.69 Å². The van der Waals surface area contributed by atoms with Crippen molar-refractivity contribution in [2.75, 3.05) is 26.8 Å². The summed E-state index contributed by atoms with van der Waals surface area (Å²) in [5.41, 5.74) is 1.00. The molecule has 1 rings (SSSR count). The lowest BCUT2D eigenvalue weighted by Gasteiger charge is -2.10. The lowest BCUT2D eigenvalue weighted by atomic mass is 10.2. The predicted octanol–water partition coefficient (Wildman–Crippen LogP) is 1.30. The van der Waals surface area contributed by atoms with Crippen molar-refractivity contribution < 1.29 is 9.66 Å². The van der Waals surface area contributed by atoms with Crippen LogP contribution in [0.4, 0.5) is 5.69 Å². The van der Waals surface area contributed by atoms with Crippen LogP contribution in [0.25, 0.3) is 0 Å². The van der Waals surface area contributed by atoms with Gasteiger partial charge in [-0.1, -0.05) is 12.1 Å². The van der Waals surface area contributed by atoms with Crippen LogP contribution in [0.5, 0.6) is 0 Å². The number of nitro groups is 1. The molecule has 7 heteroatoms. The third-order valence-electron chi connectivity index (χ3n) is 2.51. The third kappa shape index (κ3) is 5.66. The SMILES string of the molecule is CCNC(=NCc1ccc([N+](=O)[O-])cc1)NCCOC. The molecule has 20 heavy (non-hydrogen) atoms. The highest BCUT2D eigenvalue weighted by Gasteiger charge is 2.03. The van der Waals surface area contributed by atoms with E-state index in [0.29, 0.717) is 25.7 Å². The van der Waals surface area contributed by atoms with Crippen LogP contribution >= 0.6 is 0 Å². The molecule has 110 valence electrons. The van der Waals surface area contributed by atoms with Gasteiger partial charge in [0.1, 0.15) is 0 Å². The number of nitrogens with one attached hydrogen (secondary N) is 2. The molecule has 0 radical (unpaired) electrons. The van der Waals surface area contributed by atoms with Gasteiger partial charge in [-0.25, -0.2) is 4.99 Å². The Labute approximate surface area is 118 Å². The Morgan fingerprint density at radius 3 is 2.60 bits per heavy atom. The lowest BCUT2D eigenvalue weighted by molar-refractivity contribution is -0.384. The summed E-state index contributed by atoms with van der Waals surface area (Å²) in [5.74, 6) is 0.697. The van der Waals surface area contributed by atoms with Crippen molar-refractivity contribution >= 4 is 11.6 Å². The minimum absolute atomic E-state index is 0.0860. The zero-order valence-electron chi connectivity index (χ0n) is 11.8. The molecule has 0 amide bonds. The van der Waals surface area contributed by atoms with Crippen molar-refractivity contribution in [1.29, 1.82) is 0 Å². The summed E-state index contributed by atoms with van der Waals surface area (Å²) in [4.78, 5) is 14.5. The average molecular weight is 280 g/mol. The van der Waals surface area contributed by atoms with Crippen LogP contribution in [0.3, 0.4) is 0 Å². The minimum Gasteiger partial charge on any atom is -0.383 e. The first kappa shape index (κ1) is 15.9. The summed E-state index contributed by atoms with van der Waals surface area (Å²) in [6.07, 6.45) is 0. The Morgan fingerprint density at radius 2 is 2.05 bits per heavy atom. The molecule has 0 aliphatic carbocycles. The fraction of sp³-hybridized carbons (Fsp3) is 0.462. The Kier molecular flexibility index (Phi) is 7.05.